The smallest absolute Gasteiger partial charge is 0.766 e. The van der Waals surface area contributed by atoms with Crippen LogP contribution in [-0.4, -0.2) is 23.0 Å². The SMILES string of the molecule is NS(=O)[O-].O=S([O-])C(F)(F)F.[Li+]. The van der Waals surface area contributed by atoms with E-state index in [1.54, 1.807) is 0 Å². The number of alkyl halides is 3. The van der Waals surface area contributed by atoms with Crippen molar-refractivity contribution < 1.29 is 49.6 Å². The van der Waals surface area contributed by atoms with Gasteiger partial charge in [-0.25, -0.2) is 0 Å². The summed E-state index contributed by atoms with van der Waals surface area (Å²) in [6.45, 7) is 0. The Morgan fingerprint density at radius 2 is 1.25 bits per heavy atom. The Hall–Kier alpha value is 0.567. The van der Waals surface area contributed by atoms with E-state index in [9.17, 15) is 13.2 Å². The minimum absolute atomic E-state index is 0. The normalized spacial score (nSPS) is 14.8. The summed E-state index contributed by atoms with van der Waals surface area (Å²) in [5, 5.41) is 4.03. The summed E-state index contributed by atoms with van der Waals surface area (Å²) in [4.78, 5) is 0. The zero-order chi connectivity index (χ0) is 9.65. The first-order valence-electron chi connectivity index (χ1n) is 1.67. The van der Waals surface area contributed by atoms with Crippen LogP contribution in [0.5, 0.6) is 0 Å². The number of nitrogens with two attached hydrogens (primary N) is 1. The predicted octanol–water partition coefficient (Wildman–Crippen LogP) is -3.87. The maximum Gasteiger partial charge on any atom is 1.00 e. The van der Waals surface area contributed by atoms with Crippen LogP contribution in [0.1, 0.15) is 0 Å². The van der Waals surface area contributed by atoms with Gasteiger partial charge in [-0.2, -0.15) is 13.2 Å². The molecule has 0 aliphatic carbocycles. The fraction of sp³-hybridized carbons (Fsp3) is 1.00. The molecule has 0 heterocycles. The van der Waals surface area contributed by atoms with E-state index in [2.05, 4.69) is 5.14 Å². The molecule has 11 heteroatoms. The molecule has 0 fully saturated rings. The van der Waals surface area contributed by atoms with Crippen LogP contribution in [-0.2, 0) is 22.3 Å². The van der Waals surface area contributed by atoms with E-state index in [0.29, 0.717) is 0 Å². The average molecular weight is 220 g/mol. The molecule has 0 radical (unpaired) electrons. The molecule has 0 bridgehead atoms. The zero-order valence-electron chi connectivity index (χ0n) is 5.66. The molecule has 2 unspecified atom stereocenters. The summed E-state index contributed by atoms with van der Waals surface area (Å²) in [6.07, 6.45) is 0. The summed E-state index contributed by atoms with van der Waals surface area (Å²) >= 11 is -6.29. The van der Waals surface area contributed by atoms with Crippen molar-refractivity contribution in [3.8, 4) is 0 Å². The molecule has 12 heavy (non-hydrogen) atoms. The van der Waals surface area contributed by atoms with Gasteiger partial charge in [-0.1, -0.05) is 0 Å². The molecule has 5 nitrogen and oxygen atoms in total. The quantitative estimate of drug-likeness (QED) is 0.333. The zero-order valence-corrected chi connectivity index (χ0v) is 7.29. The van der Waals surface area contributed by atoms with E-state index < -0.39 is 27.9 Å². The second-order valence-corrected chi connectivity index (χ2v) is 2.39. The summed E-state index contributed by atoms with van der Waals surface area (Å²) in [5.41, 5.74) is -5.08. The van der Waals surface area contributed by atoms with Crippen molar-refractivity contribution in [2.24, 2.45) is 5.14 Å². The minimum Gasteiger partial charge on any atom is -0.766 e. The van der Waals surface area contributed by atoms with Gasteiger partial charge >= 0.3 is 24.4 Å². The van der Waals surface area contributed by atoms with Crippen LogP contribution in [0.3, 0.4) is 0 Å². The van der Waals surface area contributed by atoms with Gasteiger partial charge in [0.1, 0.15) is 0 Å². The fourth-order valence-electron chi connectivity index (χ4n) is 0. The summed E-state index contributed by atoms with van der Waals surface area (Å²) in [6, 6.07) is 0. The van der Waals surface area contributed by atoms with Crippen molar-refractivity contribution in [3.63, 3.8) is 0 Å². The molecule has 0 rings (SSSR count). The van der Waals surface area contributed by atoms with Crippen LogP contribution in [0.25, 0.3) is 0 Å². The van der Waals surface area contributed by atoms with E-state index in [1.165, 1.54) is 0 Å². The molecule has 70 valence electrons. The first kappa shape index (κ1) is 18.4. The molecule has 0 aliphatic rings. The molecular formula is CH2F3LiNO4S2-. The van der Waals surface area contributed by atoms with Gasteiger partial charge in [-0.3, -0.25) is 13.6 Å². The molecule has 0 aromatic rings. The third-order valence-electron chi connectivity index (χ3n) is 0.189. The molecule has 2 N–H and O–H groups in total. The van der Waals surface area contributed by atoms with Crippen molar-refractivity contribution in [2.45, 2.75) is 5.51 Å². The average Bonchev–Trinajstić information content (AvgIpc) is 1.59. The Morgan fingerprint density at radius 1 is 1.17 bits per heavy atom. The predicted molar refractivity (Wildman–Crippen MR) is 28.1 cm³/mol. The maximum absolute atomic E-state index is 10.6. The Balaban J connectivity index is -0.000000142. The molecule has 0 aromatic carbocycles. The maximum atomic E-state index is 10.6. The number of hydrogen-bond donors (Lipinski definition) is 1. The molecule has 0 spiro atoms. The standard InChI is InChI=1S/CHF3O2S.Li.H3NO2S/c2-1(3,4)7(5)6;;1-4(2)3/h(H,5,6);;1H2,(H,2,3)/q;+1;/p-2. The molecule has 0 aliphatic heterocycles. The first-order valence-corrected chi connectivity index (χ1v) is 3.89. The molecule has 0 saturated heterocycles. The van der Waals surface area contributed by atoms with Crippen molar-refractivity contribution in [1.29, 1.82) is 0 Å². The second-order valence-electron chi connectivity index (χ2n) is 0.941. The Morgan fingerprint density at radius 3 is 1.25 bits per heavy atom. The van der Waals surface area contributed by atoms with Crippen LogP contribution in [0.4, 0.5) is 13.2 Å². The monoisotopic (exact) mass is 220 g/mol. The number of hydrogen-bond acceptors (Lipinski definition) is 4. The van der Waals surface area contributed by atoms with E-state index in [0.717, 1.165) is 0 Å². The van der Waals surface area contributed by atoms with Crippen molar-refractivity contribution in [3.05, 3.63) is 0 Å². The van der Waals surface area contributed by atoms with Gasteiger partial charge in [0.25, 0.3) is 0 Å². The van der Waals surface area contributed by atoms with Gasteiger partial charge in [-0.15, -0.1) is 0 Å². The van der Waals surface area contributed by atoms with Crippen molar-refractivity contribution in [1.82, 2.24) is 0 Å². The van der Waals surface area contributed by atoms with E-state index in [1.807, 2.05) is 0 Å². The molecule has 0 aromatic heterocycles. The topological polar surface area (TPSA) is 106 Å². The minimum atomic E-state index is -5.08. The largest absolute Gasteiger partial charge is 1.00 e. The van der Waals surface area contributed by atoms with Gasteiger partial charge in [0.05, 0.1) is 11.1 Å². The van der Waals surface area contributed by atoms with Gasteiger partial charge in [0.2, 0.25) is 0 Å². The van der Waals surface area contributed by atoms with Gasteiger partial charge in [0.15, 0.2) is 0 Å². The van der Waals surface area contributed by atoms with E-state index in [-0.39, 0.29) is 18.9 Å². The Labute approximate surface area is 82.8 Å². The van der Waals surface area contributed by atoms with E-state index in [4.69, 9.17) is 17.5 Å². The van der Waals surface area contributed by atoms with Crippen molar-refractivity contribution in [2.75, 3.05) is 0 Å². The summed E-state index contributed by atoms with van der Waals surface area (Å²) < 4.78 is 67.0. The van der Waals surface area contributed by atoms with E-state index >= 15 is 0 Å². The molecule has 2 atom stereocenters. The van der Waals surface area contributed by atoms with Gasteiger partial charge < -0.3 is 9.11 Å². The second kappa shape index (κ2) is 8.18. The van der Waals surface area contributed by atoms with Crippen LogP contribution in [0.15, 0.2) is 0 Å². The fourth-order valence-corrected chi connectivity index (χ4v) is 0. The summed E-state index contributed by atoms with van der Waals surface area (Å²) in [5.74, 6) is 0. The first-order chi connectivity index (χ1) is 4.68. The number of halogens is 3. The van der Waals surface area contributed by atoms with Crippen molar-refractivity contribution >= 4 is 22.3 Å². The van der Waals surface area contributed by atoms with Crippen LogP contribution < -0.4 is 24.0 Å². The molecular weight excluding hydrogens is 218 g/mol. The number of rotatable bonds is 0. The molecule has 0 saturated carbocycles. The third kappa shape index (κ3) is 22.4. The van der Waals surface area contributed by atoms with Crippen LogP contribution >= 0.6 is 0 Å². The molecule has 0 amide bonds. The van der Waals surface area contributed by atoms with Gasteiger partial charge in [-0.05, 0) is 0 Å². The Bertz CT molecular complexity index is 157. The Kier molecular flexibility index (Phi) is 12.5. The van der Waals surface area contributed by atoms with Gasteiger partial charge in [0, 0.05) is 11.3 Å². The summed E-state index contributed by atoms with van der Waals surface area (Å²) in [7, 11) is 0. The van der Waals surface area contributed by atoms with Crippen LogP contribution in [0.2, 0.25) is 0 Å². The van der Waals surface area contributed by atoms with Crippen LogP contribution in [0, 0.1) is 0 Å². The third-order valence-corrected chi connectivity index (χ3v) is 0.567.